The van der Waals surface area contributed by atoms with Crippen LogP contribution in [0.25, 0.3) is 10.9 Å². The number of sulfonamides is 1. The average Bonchev–Trinajstić information content (AvgIpc) is 2.79. The Balaban J connectivity index is 1.81. The molecule has 0 saturated carbocycles. The molecule has 0 fully saturated rings. The molecule has 8 nitrogen and oxygen atoms in total. The fraction of sp³-hybridized carbons (Fsp3) is 0.227. The van der Waals surface area contributed by atoms with E-state index >= 15 is 0 Å². The Bertz CT molecular complexity index is 1220. The maximum Gasteiger partial charge on any atom is 0.271 e. The lowest BCUT2D eigenvalue weighted by Gasteiger charge is -2.18. The first-order valence-corrected chi connectivity index (χ1v) is 11.2. The maximum absolute atomic E-state index is 12.7. The van der Waals surface area contributed by atoms with Crippen LogP contribution in [-0.2, 0) is 10.0 Å². The highest BCUT2D eigenvalue weighted by Crippen LogP contribution is 2.25. The summed E-state index contributed by atoms with van der Waals surface area (Å²) >= 11 is 0. The molecule has 0 aliphatic heterocycles. The number of methoxy groups -OCH3 is 1. The number of hydrogen-bond acceptors (Lipinski definition) is 6. The van der Waals surface area contributed by atoms with Crippen molar-refractivity contribution in [3.05, 3.63) is 65.9 Å². The highest BCUT2D eigenvalue weighted by atomic mass is 32.2. The molecule has 31 heavy (non-hydrogen) atoms. The molecule has 2 aromatic carbocycles. The third-order valence-corrected chi connectivity index (χ3v) is 6.84. The summed E-state index contributed by atoms with van der Waals surface area (Å²) in [6.45, 7) is 4.24. The second-order valence-corrected chi connectivity index (χ2v) is 8.51. The Morgan fingerprint density at radius 3 is 2.65 bits per heavy atom. The van der Waals surface area contributed by atoms with Gasteiger partial charge in [-0.15, -0.1) is 0 Å². The van der Waals surface area contributed by atoms with E-state index < -0.39 is 15.9 Å². The van der Waals surface area contributed by atoms with Crippen molar-refractivity contribution in [2.45, 2.75) is 18.7 Å². The molecule has 0 spiro atoms. The van der Waals surface area contributed by atoms with Crippen LogP contribution in [0, 0.1) is 0 Å². The first-order valence-electron chi connectivity index (χ1n) is 9.77. The number of hydrogen-bond donors (Lipinski definition) is 1. The van der Waals surface area contributed by atoms with E-state index in [-0.39, 0.29) is 10.5 Å². The van der Waals surface area contributed by atoms with Gasteiger partial charge in [0.1, 0.15) is 11.3 Å². The third-order valence-electron chi connectivity index (χ3n) is 4.80. The van der Waals surface area contributed by atoms with Gasteiger partial charge in [0, 0.05) is 35.8 Å². The predicted octanol–water partition coefficient (Wildman–Crippen LogP) is 3.04. The number of carbonyl (C=O) groups is 1. The molecule has 9 heteroatoms. The minimum absolute atomic E-state index is 0.0695. The zero-order chi connectivity index (χ0) is 22.4. The molecule has 1 N–H and O–H groups in total. The number of amides is 1. The predicted molar refractivity (Wildman–Crippen MR) is 120 cm³/mol. The van der Waals surface area contributed by atoms with Gasteiger partial charge in [-0.1, -0.05) is 26.0 Å². The topological polar surface area (TPSA) is 101 Å². The number of pyridine rings is 1. The first-order chi connectivity index (χ1) is 14.9. The minimum atomic E-state index is -3.66. The van der Waals surface area contributed by atoms with Crippen molar-refractivity contribution in [1.82, 2.24) is 14.7 Å². The van der Waals surface area contributed by atoms with Crippen LogP contribution < -0.4 is 10.2 Å². The number of ether oxygens (including phenoxy) is 1. The molecule has 0 radical (unpaired) electrons. The van der Waals surface area contributed by atoms with Crippen molar-refractivity contribution in [2.75, 3.05) is 20.2 Å². The Morgan fingerprint density at radius 1 is 1.16 bits per heavy atom. The van der Waals surface area contributed by atoms with Gasteiger partial charge >= 0.3 is 0 Å². The monoisotopic (exact) mass is 440 g/mol. The molecule has 3 aromatic rings. The van der Waals surface area contributed by atoms with Crippen LogP contribution >= 0.6 is 0 Å². The van der Waals surface area contributed by atoms with E-state index in [1.807, 2.05) is 12.1 Å². The summed E-state index contributed by atoms with van der Waals surface area (Å²) in [4.78, 5) is 16.9. The van der Waals surface area contributed by atoms with Gasteiger partial charge in [-0.3, -0.25) is 9.78 Å². The summed E-state index contributed by atoms with van der Waals surface area (Å²) in [6, 6.07) is 13.2. The quantitative estimate of drug-likeness (QED) is 0.429. The van der Waals surface area contributed by atoms with Crippen molar-refractivity contribution in [1.29, 1.82) is 0 Å². The van der Waals surface area contributed by atoms with Gasteiger partial charge in [-0.2, -0.15) is 9.41 Å². The fourth-order valence-corrected chi connectivity index (χ4v) is 4.69. The molecule has 0 aliphatic carbocycles. The van der Waals surface area contributed by atoms with Crippen LogP contribution in [0.4, 0.5) is 0 Å². The molecular weight excluding hydrogens is 416 g/mol. The second-order valence-electron chi connectivity index (χ2n) is 6.57. The Kier molecular flexibility index (Phi) is 6.98. The lowest BCUT2D eigenvalue weighted by Crippen LogP contribution is -2.30. The fourth-order valence-electron chi connectivity index (χ4n) is 3.18. The number of fused-ring (bicyclic) bond motifs is 1. The second kappa shape index (κ2) is 9.67. The highest BCUT2D eigenvalue weighted by Gasteiger charge is 2.22. The third kappa shape index (κ3) is 4.73. The number of nitrogens with one attached hydrogen (secondary N) is 1. The van der Waals surface area contributed by atoms with Crippen molar-refractivity contribution in [3.8, 4) is 5.75 Å². The Labute approximate surface area is 181 Å². The van der Waals surface area contributed by atoms with Crippen molar-refractivity contribution >= 4 is 33.0 Å². The van der Waals surface area contributed by atoms with E-state index in [1.165, 1.54) is 28.7 Å². The summed E-state index contributed by atoms with van der Waals surface area (Å²) in [6.07, 6.45) is 3.19. The molecule has 0 bridgehead atoms. The summed E-state index contributed by atoms with van der Waals surface area (Å²) in [5.74, 6) is 0.131. The SMILES string of the molecule is CCN(CC)S(=O)(=O)c1cccc(C(=O)N/N=C/c2ccc(OC)c3ncccc23)c1. The van der Waals surface area contributed by atoms with Gasteiger partial charge in [0.25, 0.3) is 5.91 Å². The van der Waals surface area contributed by atoms with E-state index in [4.69, 9.17) is 4.74 Å². The lowest BCUT2D eigenvalue weighted by atomic mass is 10.1. The summed E-state index contributed by atoms with van der Waals surface area (Å²) in [5.41, 5.74) is 4.09. The van der Waals surface area contributed by atoms with E-state index in [0.29, 0.717) is 24.4 Å². The average molecular weight is 441 g/mol. The molecule has 1 amide bonds. The van der Waals surface area contributed by atoms with Gasteiger partial charge in [0.2, 0.25) is 10.0 Å². The standard InChI is InChI=1S/C22H24N4O4S/c1-4-26(5-2)31(28,29)18-9-6-8-16(14-18)22(27)25-24-15-17-11-12-20(30-3)21-19(17)10-7-13-23-21/h6-15H,4-5H2,1-3H3,(H,25,27)/b24-15+. The number of nitrogens with zero attached hydrogens (tertiary/aromatic N) is 3. The zero-order valence-corrected chi connectivity index (χ0v) is 18.4. The molecule has 0 saturated heterocycles. The van der Waals surface area contributed by atoms with E-state index in [2.05, 4.69) is 15.5 Å². The number of benzene rings is 2. The van der Waals surface area contributed by atoms with E-state index in [1.54, 1.807) is 45.4 Å². The Hall–Kier alpha value is -3.30. The van der Waals surface area contributed by atoms with Crippen molar-refractivity contribution in [2.24, 2.45) is 5.10 Å². The van der Waals surface area contributed by atoms with Crippen LogP contribution in [0.3, 0.4) is 0 Å². The van der Waals surface area contributed by atoms with E-state index in [0.717, 1.165) is 10.9 Å². The highest BCUT2D eigenvalue weighted by molar-refractivity contribution is 7.89. The number of carbonyl (C=O) groups excluding carboxylic acids is 1. The minimum Gasteiger partial charge on any atom is -0.494 e. The van der Waals surface area contributed by atoms with Crippen LogP contribution in [0.1, 0.15) is 29.8 Å². The van der Waals surface area contributed by atoms with Gasteiger partial charge in [0.15, 0.2) is 0 Å². The number of hydrazone groups is 1. The lowest BCUT2D eigenvalue weighted by molar-refractivity contribution is 0.0955. The normalized spacial score (nSPS) is 11.9. The van der Waals surface area contributed by atoms with Crippen LogP contribution in [-0.4, -0.2) is 50.0 Å². The van der Waals surface area contributed by atoms with Gasteiger partial charge in [-0.25, -0.2) is 13.8 Å². The molecule has 0 atom stereocenters. The molecule has 162 valence electrons. The summed E-state index contributed by atoms with van der Waals surface area (Å²) < 4.78 is 32.1. The molecule has 0 unspecified atom stereocenters. The number of aromatic nitrogens is 1. The van der Waals surface area contributed by atoms with Crippen LogP contribution in [0.5, 0.6) is 5.75 Å². The van der Waals surface area contributed by atoms with Gasteiger partial charge < -0.3 is 4.74 Å². The summed E-state index contributed by atoms with van der Waals surface area (Å²) in [5, 5.41) is 4.86. The van der Waals surface area contributed by atoms with Crippen molar-refractivity contribution in [3.63, 3.8) is 0 Å². The Morgan fingerprint density at radius 2 is 1.94 bits per heavy atom. The molecular formula is C22H24N4O4S. The summed E-state index contributed by atoms with van der Waals surface area (Å²) in [7, 11) is -2.08. The molecule has 3 rings (SSSR count). The molecule has 0 aliphatic rings. The largest absolute Gasteiger partial charge is 0.494 e. The molecule has 1 aromatic heterocycles. The maximum atomic E-state index is 12.7. The van der Waals surface area contributed by atoms with E-state index in [9.17, 15) is 13.2 Å². The first kappa shape index (κ1) is 22.4. The van der Waals surface area contributed by atoms with Gasteiger partial charge in [0.05, 0.1) is 18.2 Å². The number of rotatable bonds is 8. The van der Waals surface area contributed by atoms with Crippen molar-refractivity contribution < 1.29 is 17.9 Å². The zero-order valence-electron chi connectivity index (χ0n) is 17.6. The van der Waals surface area contributed by atoms with Gasteiger partial charge in [-0.05, 0) is 36.4 Å². The van der Waals surface area contributed by atoms with Crippen LogP contribution in [0.15, 0.2) is 64.7 Å². The molecule has 1 heterocycles. The van der Waals surface area contributed by atoms with Crippen LogP contribution in [0.2, 0.25) is 0 Å². The smallest absolute Gasteiger partial charge is 0.271 e.